The Balaban J connectivity index is 3.04. The molecule has 0 aliphatic rings. The van der Waals surface area contributed by atoms with Crippen molar-refractivity contribution >= 4 is 12.6 Å². The molecule has 1 atom stereocenters. The van der Waals surface area contributed by atoms with E-state index in [1.54, 1.807) is 14.2 Å². The number of thiol groups is 1. The summed E-state index contributed by atoms with van der Waals surface area (Å²) in [5, 5.41) is -0.00384. The van der Waals surface area contributed by atoms with Crippen LogP contribution in [0.3, 0.4) is 0 Å². The zero-order valence-corrected chi connectivity index (χ0v) is 9.25. The summed E-state index contributed by atoms with van der Waals surface area (Å²) in [5.41, 5.74) is 6.52. The molecule has 0 amide bonds. The maximum Gasteiger partial charge on any atom is 0.126 e. The van der Waals surface area contributed by atoms with Crippen LogP contribution in [-0.4, -0.2) is 20.8 Å². The molecule has 1 aromatic carbocycles. The van der Waals surface area contributed by atoms with E-state index in [0.29, 0.717) is 6.54 Å². The minimum atomic E-state index is -0.00384. The first kappa shape index (κ1) is 11.2. The lowest BCUT2D eigenvalue weighted by molar-refractivity contribution is 0.391. The Kier molecular flexibility index (Phi) is 4.10. The zero-order chi connectivity index (χ0) is 10.6. The van der Waals surface area contributed by atoms with Gasteiger partial charge in [-0.25, -0.2) is 0 Å². The van der Waals surface area contributed by atoms with Gasteiger partial charge in [0.1, 0.15) is 11.5 Å². The van der Waals surface area contributed by atoms with E-state index < -0.39 is 0 Å². The van der Waals surface area contributed by atoms with Crippen molar-refractivity contribution in [1.82, 2.24) is 0 Å². The van der Waals surface area contributed by atoms with E-state index >= 15 is 0 Å². The molecule has 0 heterocycles. The SMILES string of the molecule is COc1ccc(C(S)CN)c(OC)c1. The van der Waals surface area contributed by atoms with Crippen molar-refractivity contribution in [3.05, 3.63) is 23.8 Å². The van der Waals surface area contributed by atoms with Gasteiger partial charge in [-0.15, -0.1) is 0 Å². The molecule has 14 heavy (non-hydrogen) atoms. The summed E-state index contributed by atoms with van der Waals surface area (Å²) in [7, 11) is 3.24. The van der Waals surface area contributed by atoms with Crippen molar-refractivity contribution in [3.8, 4) is 11.5 Å². The van der Waals surface area contributed by atoms with E-state index in [1.165, 1.54) is 0 Å². The number of nitrogens with two attached hydrogens (primary N) is 1. The Labute approximate surface area is 89.6 Å². The molecule has 3 nitrogen and oxygen atoms in total. The summed E-state index contributed by atoms with van der Waals surface area (Å²) >= 11 is 4.36. The van der Waals surface area contributed by atoms with Gasteiger partial charge in [0.2, 0.25) is 0 Å². The third kappa shape index (κ3) is 2.33. The van der Waals surface area contributed by atoms with Crippen LogP contribution in [0.5, 0.6) is 11.5 Å². The van der Waals surface area contributed by atoms with Crippen molar-refractivity contribution in [2.24, 2.45) is 5.73 Å². The van der Waals surface area contributed by atoms with Crippen LogP contribution in [0.15, 0.2) is 18.2 Å². The predicted octanol–water partition coefficient (Wildman–Crippen LogP) is 1.63. The molecule has 1 rings (SSSR count). The quantitative estimate of drug-likeness (QED) is 0.747. The minimum absolute atomic E-state index is 0.00384. The van der Waals surface area contributed by atoms with E-state index in [2.05, 4.69) is 12.6 Å². The van der Waals surface area contributed by atoms with Gasteiger partial charge in [-0.05, 0) is 6.07 Å². The Morgan fingerprint density at radius 1 is 1.36 bits per heavy atom. The molecule has 0 radical (unpaired) electrons. The van der Waals surface area contributed by atoms with Crippen molar-refractivity contribution in [2.75, 3.05) is 20.8 Å². The van der Waals surface area contributed by atoms with Crippen molar-refractivity contribution in [3.63, 3.8) is 0 Å². The van der Waals surface area contributed by atoms with Gasteiger partial charge in [-0.2, -0.15) is 12.6 Å². The molecule has 0 spiro atoms. The Bertz CT molecular complexity index is 304. The van der Waals surface area contributed by atoms with Crippen LogP contribution < -0.4 is 15.2 Å². The fourth-order valence-corrected chi connectivity index (χ4v) is 1.43. The predicted molar refractivity (Wildman–Crippen MR) is 60.3 cm³/mol. The average molecular weight is 213 g/mol. The van der Waals surface area contributed by atoms with Gasteiger partial charge >= 0.3 is 0 Å². The van der Waals surface area contributed by atoms with Crippen LogP contribution in [0.1, 0.15) is 10.8 Å². The van der Waals surface area contributed by atoms with Crippen LogP contribution in [0.25, 0.3) is 0 Å². The van der Waals surface area contributed by atoms with E-state index in [1.807, 2.05) is 18.2 Å². The highest BCUT2D eigenvalue weighted by Crippen LogP contribution is 2.31. The lowest BCUT2D eigenvalue weighted by Crippen LogP contribution is -2.08. The molecule has 1 unspecified atom stereocenters. The van der Waals surface area contributed by atoms with Crippen molar-refractivity contribution in [1.29, 1.82) is 0 Å². The highest BCUT2D eigenvalue weighted by Gasteiger charge is 2.11. The second-order valence-electron chi connectivity index (χ2n) is 2.86. The summed E-state index contributed by atoms with van der Waals surface area (Å²) in [6.45, 7) is 0.478. The van der Waals surface area contributed by atoms with Crippen LogP contribution in [0.2, 0.25) is 0 Å². The van der Waals surface area contributed by atoms with Gasteiger partial charge in [0, 0.05) is 23.4 Å². The summed E-state index contributed by atoms with van der Waals surface area (Å²) in [6.07, 6.45) is 0. The molecule has 0 aliphatic carbocycles. The summed E-state index contributed by atoms with van der Waals surface area (Å²) in [4.78, 5) is 0. The first-order valence-electron chi connectivity index (χ1n) is 4.33. The first-order valence-corrected chi connectivity index (χ1v) is 4.84. The van der Waals surface area contributed by atoms with Crippen LogP contribution in [0.4, 0.5) is 0 Å². The van der Waals surface area contributed by atoms with Crippen LogP contribution >= 0.6 is 12.6 Å². The number of rotatable bonds is 4. The molecule has 0 bridgehead atoms. The largest absolute Gasteiger partial charge is 0.497 e. The van der Waals surface area contributed by atoms with Gasteiger partial charge in [0.15, 0.2) is 0 Å². The first-order chi connectivity index (χ1) is 6.72. The maximum absolute atomic E-state index is 5.54. The number of hydrogen-bond donors (Lipinski definition) is 2. The fraction of sp³-hybridized carbons (Fsp3) is 0.400. The third-order valence-corrected chi connectivity index (χ3v) is 2.51. The van der Waals surface area contributed by atoms with E-state index in [9.17, 15) is 0 Å². The number of methoxy groups -OCH3 is 2. The molecule has 4 heteroatoms. The van der Waals surface area contributed by atoms with E-state index in [0.717, 1.165) is 17.1 Å². The number of benzene rings is 1. The number of ether oxygens (including phenoxy) is 2. The maximum atomic E-state index is 5.54. The molecule has 0 saturated heterocycles. The summed E-state index contributed by atoms with van der Waals surface area (Å²) in [5.74, 6) is 1.53. The highest BCUT2D eigenvalue weighted by molar-refractivity contribution is 7.80. The Morgan fingerprint density at radius 3 is 2.57 bits per heavy atom. The molecule has 1 aromatic rings. The molecule has 0 saturated carbocycles. The molecular weight excluding hydrogens is 198 g/mol. The molecule has 0 aromatic heterocycles. The number of hydrogen-bond acceptors (Lipinski definition) is 4. The smallest absolute Gasteiger partial charge is 0.126 e. The minimum Gasteiger partial charge on any atom is -0.497 e. The lowest BCUT2D eigenvalue weighted by atomic mass is 10.1. The normalized spacial score (nSPS) is 12.3. The second-order valence-corrected chi connectivity index (χ2v) is 3.48. The topological polar surface area (TPSA) is 44.5 Å². The third-order valence-electron chi connectivity index (χ3n) is 2.02. The highest BCUT2D eigenvalue weighted by atomic mass is 32.1. The van der Waals surface area contributed by atoms with Crippen molar-refractivity contribution in [2.45, 2.75) is 5.25 Å². The van der Waals surface area contributed by atoms with Gasteiger partial charge in [0.25, 0.3) is 0 Å². The Morgan fingerprint density at radius 2 is 2.07 bits per heavy atom. The standard InChI is InChI=1S/C10H15NO2S/c1-12-7-3-4-8(10(14)6-11)9(5-7)13-2/h3-5,10,14H,6,11H2,1-2H3. The van der Waals surface area contributed by atoms with E-state index in [4.69, 9.17) is 15.2 Å². The molecule has 78 valence electrons. The molecular formula is C10H15NO2S. The van der Waals surface area contributed by atoms with E-state index in [-0.39, 0.29) is 5.25 Å². The van der Waals surface area contributed by atoms with Crippen molar-refractivity contribution < 1.29 is 9.47 Å². The Hall–Kier alpha value is -0.870. The second kappa shape index (κ2) is 5.12. The van der Waals surface area contributed by atoms with Gasteiger partial charge in [-0.3, -0.25) is 0 Å². The monoisotopic (exact) mass is 213 g/mol. The van der Waals surface area contributed by atoms with Crippen LogP contribution in [0, 0.1) is 0 Å². The van der Waals surface area contributed by atoms with Gasteiger partial charge < -0.3 is 15.2 Å². The van der Waals surface area contributed by atoms with Gasteiger partial charge in [-0.1, -0.05) is 6.07 Å². The molecule has 0 fully saturated rings. The fourth-order valence-electron chi connectivity index (χ4n) is 1.22. The zero-order valence-electron chi connectivity index (χ0n) is 8.36. The summed E-state index contributed by atoms with van der Waals surface area (Å²) < 4.78 is 10.3. The lowest BCUT2D eigenvalue weighted by Gasteiger charge is -2.14. The van der Waals surface area contributed by atoms with Gasteiger partial charge in [0.05, 0.1) is 14.2 Å². The van der Waals surface area contributed by atoms with Crippen LogP contribution in [-0.2, 0) is 0 Å². The molecule has 2 N–H and O–H groups in total. The molecule has 0 aliphatic heterocycles. The summed E-state index contributed by atoms with van der Waals surface area (Å²) in [6, 6.07) is 5.62. The average Bonchev–Trinajstić information content (AvgIpc) is 2.27.